The molecule has 1 amide bonds. The molecular formula is C15H11NO5. The molecule has 2 aliphatic heterocycles. The van der Waals surface area contributed by atoms with Gasteiger partial charge in [0.05, 0.1) is 5.69 Å². The minimum absolute atomic E-state index is 0.140. The predicted molar refractivity (Wildman–Crippen MR) is 71.0 cm³/mol. The average molecular weight is 285 g/mol. The van der Waals surface area contributed by atoms with E-state index in [4.69, 9.17) is 4.74 Å². The van der Waals surface area contributed by atoms with Gasteiger partial charge < -0.3 is 9.84 Å². The van der Waals surface area contributed by atoms with Gasteiger partial charge in [0.2, 0.25) is 11.4 Å². The minimum atomic E-state index is -2.30. The minimum Gasteiger partial charge on any atom is -0.436 e. The summed E-state index contributed by atoms with van der Waals surface area (Å²) in [6, 6.07) is 5.30. The predicted octanol–water partition coefficient (Wildman–Crippen LogP) is 0.837. The largest absolute Gasteiger partial charge is 0.436 e. The molecule has 1 aromatic rings. The lowest BCUT2D eigenvalue weighted by atomic mass is 9.68. The number of ketones is 2. The summed E-state index contributed by atoms with van der Waals surface area (Å²) in [6.07, 6.45) is 1.85. The number of ether oxygens (including phenoxy) is 1. The summed E-state index contributed by atoms with van der Waals surface area (Å²) in [5, 5.41) is 10.8. The third-order valence-corrected chi connectivity index (χ3v) is 4.40. The van der Waals surface area contributed by atoms with Crippen molar-refractivity contribution in [3.05, 3.63) is 42.0 Å². The van der Waals surface area contributed by atoms with Gasteiger partial charge in [0.25, 0.3) is 0 Å². The van der Waals surface area contributed by atoms with Crippen LogP contribution in [0.5, 0.6) is 0 Å². The number of rotatable bonds is 0. The smallest absolute Gasteiger partial charge is 0.415 e. The number of fused-ring (bicyclic) bond motifs is 2. The van der Waals surface area contributed by atoms with Crippen LogP contribution < -0.4 is 4.90 Å². The van der Waals surface area contributed by atoms with E-state index in [2.05, 4.69) is 0 Å². The van der Waals surface area contributed by atoms with E-state index < -0.39 is 34.9 Å². The molecule has 3 aliphatic rings. The van der Waals surface area contributed by atoms with Gasteiger partial charge in [-0.1, -0.05) is 12.1 Å². The van der Waals surface area contributed by atoms with E-state index in [1.54, 1.807) is 25.1 Å². The maximum absolute atomic E-state index is 12.7. The number of para-hydroxylation sites is 1. The van der Waals surface area contributed by atoms with Gasteiger partial charge in [0, 0.05) is 5.56 Å². The lowest BCUT2D eigenvalue weighted by molar-refractivity contribution is -0.133. The van der Waals surface area contributed by atoms with Crippen molar-refractivity contribution in [1.29, 1.82) is 0 Å². The molecule has 1 aromatic carbocycles. The first kappa shape index (κ1) is 12.3. The maximum Gasteiger partial charge on any atom is 0.415 e. The highest BCUT2D eigenvalue weighted by Crippen LogP contribution is 2.48. The zero-order chi connectivity index (χ0) is 15.0. The molecule has 6 heteroatoms. The average Bonchev–Trinajstić information content (AvgIpc) is 2.74. The SMILES string of the molecule is C[C@]12C=CC(=O)[C@]3(O)C(=O)c4ccccc4N(C(=O)O1)[C@@H]32. The molecule has 1 fully saturated rings. The van der Waals surface area contributed by atoms with Crippen LogP contribution in [0, 0.1) is 0 Å². The Morgan fingerprint density at radius 1 is 1.24 bits per heavy atom. The molecule has 0 bridgehead atoms. The van der Waals surface area contributed by atoms with Crippen molar-refractivity contribution in [3.63, 3.8) is 0 Å². The normalized spacial score (nSPS) is 36.4. The Balaban J connectivity index is 2.09. The number of benzene rings is 1. The number of hydrogen-bond donors (Lipinski definition) is 1. The highest BCUT2D eigenvalue weighted by molar-refractivity contribution is 6.27. The first-order chi connectivity index (χ1) is 9.89. The summed E-state index contributed by atoms with van der Waals surface area (Å²) in [6.45, 7) is 1.57. The number of amides is 1. The number of carbonyl (C=O) groups excluding carboxylic acids is 3. The molecule has 1 saturated heterocycles. The molecule has 21 heavy (non-hydrogen) atoms. The molecule has 0 radical (unpaired) electrons. The zero-order valence-corrected chi connectivity index (χ0v) is 11.1. The number of carbonyl (C=O) groups is 3. The van der Waals surface area contributed by atoms with E-state index in [1.807, 2.05) is 0 Å². The molecule has 3 atom stereocenters. The van der Waals surface area contributed by atoms with Crippen LogP contribution in [0.1, 0.15) is 17.3 Å². The standard InChI is InChI=1S/C15H11NO5/c1-14-7-6-10(17)15(20)11(18)8-4-2-3-5-9(8)16(12(14)15)13(19)21-14/h2-7,12,20H,1H3/t12-,14-,15+/m1/s1. The number of hydrogen-bond acceptors (Lipinski definition) is 5. The molecule has 1 aliphatic carbocycles. The van der Waals surface area contributed by atoms with Crippen molar-refractivity contribution in [2.24, 2.45) is 0 Å². The Labute approximate surface area is 119 Å². The van der Waals surface area contributed by atoms with Crippen LogP contribution in [-0.2, 0) is 9.53 Å². The second-order valence-electron chi connectivity index (χ2n) is 5.63. The summed E-state index contributed by atoms with van der Waals surface area (Å²) in [5.41, 5.74) is -3.03. The Kier molecular flexibility index (Phi) is 1.99. The first-order valence-electron chi connectivity index (χ1n) is 6.52. The second-order valence-corrected chi connectivity index (χ2v) is 5.63. The molecule has 4 rings (SSSR count). The Morgan fingerprint density at radius 3 is 2.71 bits per heavy atom. The fourth-order valence-electron chi connectivity index (χ4n) is 3.44. The van der Waals surface area contributed by atoms with Crippen LogP contribution in [0.25, 0.3) is 0 Å². The van der Waals surface area contributed by atoms with Crippen LogP contribution in [0.3, 0.4) is 0 Å². The van der Waals surface area contributed by atoms with E-state index in [0.717, 1.165) is 6.08 Å². The summed E-state index contributed by atoms with van der Waals surface area (Å²) < 4.78 is 5.32. The lowest BCUT2D eigenvalue weighted by Crippen LogP contribution is -2.70. The van der Waals surface area contributed by atoms with Crippen LogP contribution >= 0.6 is 0 Å². The molecule has 0 saturated carbocycles. The number of nitrogens with zero attached hydrogens (tertiary/aromatic N) is 1. The molecule has 6 nitrogen and oxygen atoms in total. The van der Waals surface area contributed by atoms with Crippen molar-refractivity contribution >= 4 is 23.3 Å². The molecule has 1 N–H and O–H groups in total. The fraction of sp³-hybridized carbons (Fsp3) is 0.267. The van der Waals surface area contributed by atoms with Gasteiger partial charge in [-0.2, -0.15) is 0 Å². The summed E-state index contributed by atoms with van der Waals surface area (Å²) in [4.78, 5) is 38.3. The summed E-state index contributed by atoms with van der Waals surface area (Å²) in [5.74, 6) is -1.42. The zero-order valence-electron chi connectivity index (χ0n) is 11.1. The third kappa shape index (κ3) is 1.19. The van der Waals surface area contributed by atoms with E-state index in [0.29, 0.717) is 5.69 Å². The quantitative estimate of drug-likeness (QED) is 0.714. The van der Waals surface area contributed by atoms with E-state index in [9.17, 15) is 19.5 Å². The van der Waals surface area contributed by atoms with Crippen LogP contribution in [0.2, 0.25) is 0 Å². The first-order valence-corrected chi connectivity index (χ1v) is 6.52. The van der Waals surface area contributed by atoms with E-state index in [-0.39, 0.29) is 5.56 Å². The molecule has 0 unspecified atom stereocenters. The number of Topliss-reactive ketones (excluding diaryl/α,β-unsaturated/α-hetero) is 1. The maximum atomic E-state index is 12.7. The van der Waals surface area contributed by atoms with E-state index in [1.165, 1.54) is 17.0 Å². The summed E-state index contributed by atoms with van der Waals surface area (Å²) in [7, 11) is 0. The second kappa shape index (κ2) is 3.40. The van der Waals surface area contributed by atoms with Crippen LogP contribution in [0.15, 0.2) is 36.4 Å². The number of anilines is 1. The van der Waals surface area contributed by atoms with Crippen molar-refractivity contribution in [2.75, 3.05) is 4.90 Å². The van der Waals surface area contributed by atoms with Gasteiger partial charge >= 0.3 is 6.09 Å². The molecular weight excluding hydrogens is 274 g/mol. The van der Waals surface area contributed by atoms with Gasteiger partial charge in [-0.15, -0.1) is 0 Å². The molecule has 0 spiro atoms. The fourth-order valence-corrected chi connectivity index (χ4v) is 3.44. The van der Waals surface area contributed by atoms with Crippen molar-refractivity contribution in [3.8, 4) is 0 Å². The highest BCUT2D eigenvalue weighted by Gasteiger charge is 2.69. The summed E-state index contributed by atoms with van der Waals surface area (Å²) >= 11 is 0. The third-order valence-electron chi connectivity index (χ3n) is 4.40. The molecule has 0 aromatic heterocycles. The van der Waals surface area contributed by atoms with Crippen molar-refractivity contribution in [2.45, 2.75) is 24.2 Å². The molecule has 2 heterocycles. The topological polar surface area (TPSA) is 83.9 Å². The Hall–Kier alpha value is -2.47. The number of aliphatic hydroxyl groups is 1. The Bertz CT molecular complexity index is 754. The highest BCUT2D eigenvalue weighted by atomic mass is 16.6. The van der Waals surface area contributed by atoms with Gasteiger partial charge in [0.1, 0.15) is 6.04 Å². The molecule has 106 valence electrons. The lowest BCUT2D eigenvalue weighted by Gasteiger charge is -2.45. The van der Waals surface area contributed by atoms with Crippen LogP contribution in [0.4, 0.5) is 10.5 Å². The monoisotopic (exact) mass is 285 g/mol. The van der Waals surface area contributed by atoms with Gasteiger partial charge in [-0.05, 0) is 31.2 Å². The van der Waals surface area contributed by atoms with Gasteiger partial charge in [0.15, 0.2) is 11.4 Å². The van der Waals surface area contributed by atoms with Crippen molar-refractivity contribution in [1.82, 2.24) is 0 Å². The van der Waals surface area contributed by atoms with E-state index >= 15 is 0 Å². The van der Waals surface area contributed by atoms with Gasteiger partial charge in [-0.3, -0.25) is 14.5 Å². The van der Waals surface area contributed by atoms with Crippen LogP contribution in [-0.4, -0.2) is 40.0 Å². The Morgan fingerprint density at radius 2 is 1.95 bits per heavy atom. The van der Waals surface area contributed by atoms with Gasteiger partial charge in [-0.25, -0.2) is 4.79 Å². The van der Waals surface area contributed by atoms with Crippen molar-refractivity contribution < 1.29 is 24.2 Å².